The van der Waals surface area contributed by atoms with Crippen LogP contribution in [0.5, 0.6) is 0 Å². The smallest absolute Gasteiger partial charge is 0.255 e. The van der Waals surface area contributed by atoms with Gasteiger partial charge in [-0.3, -0.25) is 9.69 Å². The zero-order chi connectivity index (χ0) is 13.9. The lowest BCUT2D eigenvalue weighted by Crippen LogP contribution is -2.34. The number of H-pyrrole nitrogens is 1. The van der Waals surface area contributed by atoms with E-state index in [4.69, 9.17) is 6.57 Å². The van der Waals surface area contributed by atoms with Crippen molar-refractivity contribution in [2.75, 3.05) is 6.54 Å². The average Bonchev–Trinajstić information content (AvgIpc) is 2.48. The van der Waals surface area contributed by atoms with Gasteiger partial charge >= 0.3 is 0 Å². The van der Waals surface area contributed by atoms with Crippen molar-refractivity contribution in [3.05, 3.63) is 69.2 Å². The Morgan fingerprint density at radius 3 is 3.20 bits per heavy atom. The van der Waals surface area contributed by atoms with Gasteiger partial charge < -0.3 is 4.98 Å². The van der Waals surface area contributed by atoms with Crippen LogP contribution in [0.1, 0.15) is 16.8 Å². The van der Waals surface area contributed by atoms with Gasteiger partial charge in [-0.05, 0) is 5.56 Å². The highest BCUT2D eigenvalue weighted by Gasteiger charge is 2.19. The monoisotopic (exact) mass is 266 g/mol. The molecular formula is C15H14N4O. The van der Waals surface area contributed by atoms with Gasteiger partial charge in [-0.15, -0.1) is 0 Å². The lowest BCUT2D eigenvalue weighted by atomic mass is 10.1. The predicted octanol–water partition coefficient (Wildman–Crippen LogP) is 1.88. The molecule has 1 aliphatic heterocycles. The first-order chi connectivity index (χ1) is 9.76. The van der Waals surface area contributed by atoms with Gasteiger partial charge in [-0.25, -0.2) is 9.83 Å². The van der Waals surface area contributed by atoms with Crippen LogP contribution >= 0.6 is 0 Å². The number of nitrogens with one attached hydrogen (secondary N) is 1. The van der Waals surface area contributed by atoms with Crippen LogP contribution in [0.15, 0.2) is 35.4 Å². The molecule has 1 aliphatic rings. The van der Waals surface area contributed by atoms with Crippen LogP contribution in [0.4, 0.5) is 5.69 Å². The molecule has 0 amide bonds. The first-order valence-electron chi connectivity index (χ1n) is 6.50. The van der Waals surface area contributed by atoms with Gasteiger partial charge in [-0.1, -0.05) is 24.3 Å². The lowest BCUT2D eigenvalue weighted by molar-refractivity contribution is 0.242. The highest BCUT2D eigenvalue weighted by molar-refractivity contribution is 5.46. The Balaban J connectivity index is 1.79. The molecule has 20 heavy (non-hydrogen) atoms. The number of hydrogen-bond acceptors (Lipinski definition) is 3. The number of benzene rings is 1. The zero-order valence-electron chi connectivity index (χ0n) is 11.0. The summed E-state index contributed by atoms with van der Waals surface area (Å²) in [7, 11) is 0. The molecule has 0 atom stereocenters. The van der Waals surface area contributed by atoms with Gasteiger partial charge in [0.1, 0.15) is 0 Å². The molecule has 2 heterocycles. The fraction of sp³-hybridized carbons (Fsp3) is 0.267. The van der Waals surface area contributed by atoms with Crippen LogP contribution in [0.3, 0.4) is 0 Å². The Morgan fingerprint density at radius 2 is 2.35 bits per heavy atom. The minimum Gasteiger partial charge on any atom is -0.313 e. The maximum atomic E-state index is 11.8. The number of nitrogens with zero attached hydrogens (tertiary/aromatic N) is 3. The summed E-state index contributed by atoms with van der Waals surface area (Å²) in [6, 6.07) is 7.61. The molecule has 0 saturated heterocycles. The molecule has 3 rings (SSSR count). The molecule has 0 radical (unpaired) electrons. The molecule has 0 aliphatic carbocycles. The topological polar surface area (TPSA) is 53.4 Å². The van der Waals surface area contributed by atoms with Crippen molar-refractivity contribution in [3.8, 4) is 0 Å². The van der Waals surface area contributed by atoms with E-state index in [1.165, 1.54) is 6.33 Å². The van der Waals surface area contributed by atoms with Gasteiger partial charge in [0.15, 0.2) is 5.69 Å². The maximum Gasteiger partial charge on any atom is 0.255 e. The average molecular weight is 266 g/mol. The van der Waals surface area contributed by atoms with Crippen LogP contribution in [-0.4, -0.2) is 21.4 Å². The molecule has 100 valence electrons. The summed E-state index contributed by atoms with van der Waals surface area (Å²) in [6.45, 7) is 9.28. The molecule has 0 bridgehead atoms. The van der Waals surface area contributed by atoms with Gasteiger partial charge in [0.25, 0.3) is 5.56 Å². The third-order valence-corrected chi connectivity index (χ3v) is 3.53. The number of aromatic amines is 1. The van der Waals surface area contributed by atoms with Crippen molar-refractivity contribution in [1.29, 1.82) is 0 Å². The first kappa shape index (κ1) is 12.6. The molecule has 2 aromatic rings. The van der Waals surface area contributed by atoms with Crippen molar-refractivity contribution in [3.63, 3.8) is 0 Å². The van der Waals surface area contributed by atoms with Gasteiger partial charge in [0.05, 0.1) is 24.2 Å². The summed E-state index contributed by atoms with van der Waals surface area (Å²) >= 11 is 0. The third kappa shape index (κ3) is 2.46. The van der Waals surface area contributed by atoms with E-state index in [1.54, 1.807) is 6.07 Å². The van der Waals surface area contributed by atoms with Crippen LogP contribution in [0.25, 0.3) is 4.85 Å². The second-order valence-corrected chi connectivity index (χ2v) is 4.90. The van der Waals surface area contributed by atoms with Gasteiger partial charge in [0, 0.05) is 26.1 Å². The van der Waals surface area contributed by atoms with Crippen molar-refractivity contribution < 1.29 is 0 Å². The second kappa shape index (κ2) is 5.27. The zero-order valence-corrected chi connectivity index (χ0v) is 11.0. The standard InChI is InChI=1S/C15H14N4O/c1-16-12-4-2-3-11(7-12)8-19-6-5-14-13(9-19)15(20)18-10-17-14/h2-4,7,10H,5-6,8-9H2,(H,17,18,20). The maximum absolute atomic E-state index is 11.8. The Bertz CT molecular complexity index is 729. The normalized spacial score (nSPS) is 14.6. The molecule has 0 spiro atoms. The SMILES string of the molecule is [C-]#[N+]c1cccc(CN2CCc3nc[nH]c(=O)c3C2)c1. The van der Waals surface area contributed by atoms with E-state index >= 15 is 0 Å². The Hall–Kier alpha value is -2.45. The fourth-order valence-electron chi connectivity index (χ4n) is 2.53. The molecule has 0 unspecified atom stereocenters. The number of aromatic nitrogens is 2. The van der Waals surface area contributed by atoms with Crippen molar-refractivity contribution in [1.82, 2.24) is 14.9 Å². The van der Waals surface area contributed by atoms with E-state index < -0.39 is 0 Å². The van der Waals surface area contributed by atoms with Gasteiger partial charge in [-0.2, -0.15) is 0 Å². The van der Waals surface area contributed by atoms with Crippen molar-refractivity contribution in [2.45, 2.75) is 19.5 Å². The summed E-state index contributed by atoms with van der Waals surface area (Å²) < 4.78 is 0. The molecule has 5 heteroatoms. The summed E-state index contributed by atoms with van der Waals surface area (Å²) in [4.78, 5) is 24.3. The number of fused-ring (bicyclic) bond motifs is 1. The van der Waals surface area contributed by atoms with E-state index in [2.05, 4.69) is 19.7 Å². The van der Waals surface area contributed by atoms with Crippen molar-refractivity contribution >= 4 is 5.69 Å². The Kier molecular flexibility index (Phi) is 3.32. The first-order valence-corrected chi connectivity index (χ1v) is 6.50. The third-order valence-electron chi connectivity index (χ3n) is 3.53. The van der Waals surface area contributed by atoms with E-state index in [0.717, 1.165) is 36.3 Å². The van der Waals surface area contributed by atoms with Crippen LogP contribution in [0, 0.1) is 6.57 Å². The molecule has 5 nitrogen and oxygen atoms in total. The van der Waals surface area contributed by atoms with Gasteiger partial charge in [0.2, 0.25) is 0 Å². The lowest BCUT2D eigenvalue weighted by Gasteiger charge is -2.27. The highest BCUT2D eigenvalue weighted by Crippen LogP contribution is 2.19. The minimum atomic E-state index is -0.0467. The van der Waals surface area contributed by atoms with E-state index in [0.29, 0.717) is 12.2 Å². The van der Waals surface area contributed by atoms with Crippen LogP contribution < -0.4 is 5.56 Å². The molecule has 0 saturated carbocycles. The fourth-order valence-corrected chi connectivity index (χ4v) is 2.53. The Labute approximate surface area is 116 Å². The second-order valence-electron chi connectivity index (χ2n) is 4.90. The Morgan fingerprint density at radius 1 is 1.45 bits per heavy atom. The highest BCUT2D eigenvalue weighted by atomic mass is 16.1. The summed E-state index contributed by atoms with van der Waals surface area (Å²) in [5, 5.41) is 0. The summed E-state index contributed by atoms with van der Waals surface area (Å²) in [5.74, 6) is 0. The molecular weight excluding hydrogens is 252 g/mol. The largest absolute Gasteiger partial charge is 0.313 e. The summed E-state index contributed by atoms with van der Waals surface area (Å²) in [5.41, 5.74) is 3.37. The van der Waals surface area contributed by atoms with E-state index in [1.807, 2.05) is 18.2 Å². The quantitative estimate of drug-likeness (QED) is 0.844. The van der Waals surface area contributed by atoms with Crippen molar-refractivity contribution in [2.24, 2.45) is 0 Å². The van der Waals surface area contributed by atoms with Crippen LogP contribution in [0.2, 0.25) is 0 Å². The predicted molar refractivity (Wildman–Crippen MR) is 75.4 cm³/mol. The molecule has 1 aromatic carbocycles. The summed E-state index contributed by atoms with van der Waals surface area (Å²) in [6.07, 6.45) is 2.26. The molecule has 0 fully saturated rings. The van der Waals surface area contributed by atoms with Crippen LogP contribution in [-0.2, 0) is 19.5 Å². The molecule has 1 aromatic heterocycles. The number of hydrogen-bond donors (Lipinski definition) is 1. The molecule has 1 N–H and O–H groups in total. The van der Waals surface area contributed by atoms with E-state index in [9.17, 15) is 4.79 Å². The van der Waals surface area contributed by atoms with E-state index in [-0.39, 0.29) is 5.56 Å². The number of rotatable bonds is 2. The minimum absolute atomic E-state index is 0.0467.